The first-order valence-electron chi connectivity index (χ1n) is 11.2. The van der Waals surface area contributed by atoms with Crippen LogP contribution in [-0.2, 0) is 0 Å². The maximum Gasteiger partial charge on any atom is 0.266 e. The average Bonchev–Trinajstić information content (AvgIpc) is 2.87. The highest BCUT2D eigenvalue weighted by Gasteiger charge is 2.29. The Bertz CT molecular complexity index is 1380. The van der Waals surface area contributed by atoms with E-state index in [1.54, 1.807) is 65.1 Å². The molecule has 4 aromatic rings. The fourth-order valence-corrected chi connectivity index (χ4v) is 4.19. The second-order valence-electron chi connectivity index (χ2n) is 7.85. The molecule has 1 atom stereocenters. The number of amides is 1. The van der Waals surface area contributed by atoms with Gasteiger partial charge in [0.15, 0.2) is 0 Å². The molecule has 6 nitrogen and oxygen atoms in total. The molecule has 0 fully saturated rings. The van der Waals surface area contributed by atoms with Crippen LogP contribution in [-0.4, -0.2) is 34.0 Å². The van der Waals surface area contributed by atoms with Crippen LogP contribution in [0.3, 0.4) is 0 Å². The number of hydrogen-bond acceptors (Lipinski definition) is 4. The van der Waals surface area contributed by atoms with Gasteiger partial charge in [0.1, 0.15) is 17.4 Å². The first-order valence-corrected chi connectivity index (χ1v) is 11.2. The minimum absolute atomic E-state index is 0.224. The highest BCUT2D eigenvalue weighted by Crippen LogP contribution is 2.28. The summed E-state index contributed by atoms with van der Waals surface area (Å²) in [5.41, 5.74) is 1.20. The molecule has 0 saturated carbocycles. The van der Waals surface area contributed by atoms with Gasteiger partial charge in [-0.2, -0.15) is 0 Å². The Hall–Kier alpha value is -4.00. The van der Waals surface area contributed by atoms with Crippen molar-refractivity contribution in [2.45, 2.75) is 26.3 Å². The number of aromatic nitrogens is 2. The van der Waals surface area contributed by atoms with Crippen molar-refractivity contribution in [1.82, 2.24) is 14.5 Å². The van der Waals surface area contributed by atoms with Crippen LogP contribution in [0.4, 0.5) is 4.39 Å². The number of halogens is 1. The van der Waals surface area contributed by atoms with Crippen molar-refractivity contribution in [3.63, 3.8) is 0 Å². The summed E-state index contributed by atoms with van der Waals surface area (Å²) in [4.78, 5) is 33.6. The van der Waals surface area contributed by atoms with Crippen molar-refractivity contribution in [2.75, 3.05) is 13.7 Å². The molecule has 34 heavy (non-hydrogen) atoms. The molecular weight excluding hydrogens is 433 g/mol. The molecule has 1 unspecified atom stereocenters. The number of ether oxygens (including phenoxy) is 1. The molecule has 0 aliphatic carbocycles. The molecule has 0 bridgehead atoms. The van der Waals surface area contributed by atoms with Gasteiger partial charge >= 0.3 is 0 Å². The van der Waals surface area contributed by atoms with Gasteiger partial charge in [0, 0.05) is 12.1 Å². The molecule has 1 heterocycles. The molecule has 1 aromatic heterocycles. The monoisotopic (exact) mass is 459 g/mol. The third kappa shape index (κ3) is 4.29. The molecule has 0 aliphatic rings. The van der Waals surface area contributed by atoms with E-state index in [2.05, 4.69) is 0 Å². The summed E-state index contributed by atoms with van der Waals surface area (Å²) < 4.78 is 20.7. The van der Waals surface area contributed by atoms with Gasteiger partial charge in [-0.25, -0.2) is 9.37 Å². The van der Waals surface area contributed by atoms with Gasteiger partial charge in [-0.15, -0.1) is 0 Å². The van der Waals surface area contributed by atoms with E-state index in [1.807, 2.05) is 19.9 Å². The van der Waals surface area contributed by atoms with Crippen LogP contribution in [0.25, 0.3) is 16.6 Å². The topological polar surface area (TPSA) is 64.4 Å². The number of carbonyl (C=O) groups is 1. The highest BCUT2D eigenvalue weighted by molar-refractivity contribution is 5.94. The van der Waals surface area contributed by atoms with E-state index < -0.39 is 11.9 Å². The van der Waals surface area contributed by atoms with Crippen LogP contribution in [0.15, 0.2) is 77.6 Å². The molecule has 7 heteroatoms. The number of para-hydroxylation sites is 1. The summed E-state index contributed by atoms with van der Waals surface area (Å²) >= 11 is 0. The van der Waals surface area contributed by atoms with Crippen molar-refractivity contribution in [2.24, 2.45) is 0 Å². The van der Waals surface area contributed by atoms with Crippen molar-refractivity contribution >= 4 is 16.8 Å². The Balaban J connectivity index is 1.92. The van der Waals surface area contributed by atoms with E-state index in [9.17, 15) is 14.0 Å². The van der Waals surface area contributed by atoms with Crippen LogP contribution >= 0.6 is 0 Å². The summed E-state index contributed by atoms with van der Waals surface area (Å²) in [6, 6.07) is 19.4. The quantitative estimate of drug-likeness (QED) is 0.384. The maximum absolute atomic E-state index is 13.8. The highest BCUT2D eigenvalue weighted by atomic mass is 19.1. The van der Waals surface area contributed by atoms with Crippen molar-refractivity contribution in [1.29, 1.82) is 0 Å². The second kappa shape index (κ2) is 9.87. The Kier molecular flexibility index (Phi) is 6.72. The van der Waals surface area contributed by atoms with Gasteiger partial charge in [0.2, 0.25) is 0 Å². The van der Waals surface area contributed by atoms with Crippen LogP contribution in [0.5, 0.6) is 5.75 Å². The number of nitrogens with zero attached hydrogens (tertiary/aromatic N) is 3. The molecule has 0 aliphatic heterocycles. The van der Waals surface area contributed by atoms with Crippen molar-refractivity contribution < 1.29 is 13.9 Å². The second-order valence-corrected chi connectivity index (χ2v) is 7.85. The Labute approximate surface area is 197 Å². The third-order valence-electron chi connectivity index (χ3n) is 5.87. The van der Waals surface area contributed by atoms with Crippen LogP contribution in [0.2, 0.25) is 0 Å². The van der Waals surface area contributed by atoms with Crippen molar-refractivity contribution in [3.05, 3.63) is 100 Å². The number of carbonyl (C=O) groups excluding carboxylic acids is 1. The molecular formula is C27H26FN3O3. The molecule has 4 rings (SSSR count). The molecule has 1 amide bonds. The number of fused-ring (bicyclic) bond motifs is 1. The van der Waals surface area contributed by atoms with Crippen LogP contribution in [0.1, 0.15) is 42.5 Å². The third-order valence-corrected chi connectivity index (χ3v) is 5.87. The lowest BCUT2D eigenvalue weighted by Gasteiger charge is -2.31. The van der Waals surface area contributed by atoms with Gasteiger partial charge in [-0.1, -0.05) is 25.1 Å². The van der Waals surface area contributed by atoms with Gasteiger partial charge in [0.05, 0.1) is 29.7 Å². The zero-order valence-electron chi connectivity index (χ0n) is 19.4. The molecule has 0 N–H and O–H groups in total. The SMILES string of the molecule is CCC(c1nc2ccccc2c(=O)n1-c1ccc(OC)cc1)N(CC)C(=O)c1cccc(F)c1. The lowest BCUT2D eigenvalue weighted by Crippen LogP contribution is -2.38. The molecule has 0 saturated heterocycles. The number of rotatable bonds is 7. The molecule has 0 spiro atoms. The summed E-state index contributed by atoms with van der Waals surface area (Å²) in [7, 11) is 1.58. The van der Waals surface area contributed by atoms with Gasteiger partial charge in [-0.05, 0) is 67.9 Å². The normalized spacial score (nSPS) is 11.9. The van der Waals surface area contributed by atoms with Crippen LogP contribution in [0, 0.1) is 5.82 Å². The van der Waals surface area contributed by atoms with E-state index >= 15 is 0 Å². The van der Waals surface area contributed by atoms with Crippen molar-refractivity contribution in [3.8, 4) is 11.4 Å². The van der Waals surface area contributed by atoms with Gasteiger partial charge in [0.25, 0.3) is 11.5 Å². The molecule has 174 valence electrons. The number of benzene rings is 3. The van der Waals surface area contributed by atoms with E-state index in [1.165, 1.54) is 18.2 Å². The van der Waals surface area contributed by atoms with E-state index in [4.69, 9.17) is 9.72 Å². The largest absolute Gasteiger partial charge is 0.497 e. The molecule has 0 radical (unpaired) electrons. The maximum atomic E-state index is 13.8. The first-order chi connectivity index (χ1) is 16.5. The predicted octanol–water partition coefficient (Wildman–Crippen LogP) is 5.15. The van der Waals surface area contributed by atoms with E-state index in [-0.39, 0.29) is 17.0 Å². The minimum atomic E-state index is -0.514. The fraction of sp³-hybridized carbons (Fsp3) is 0.222. The fourth-order valence-electron chi connectivity index (χ4n) is 4.19. The average molecular weight is 460 g/mol. The molecule has 3 aromatic carbocycles. The summed E-state index contributed by atoms with van der Waals surface area (Å²) in [6.45, 7) is 4.15. The minimum Gasteiger partial charge on any atom is -0.497 e. The zero-order valence-corrected chi connectivity index (χ0v) is 19.4. The predicted molar refractivity (Wildman–Crippen MR) is 130 cm³/mol. The standard InChI is InChI=1S/C27H26FN3O3/c1-4-24(30(5-2)26(32)18-9-8-10-19(28)17-18)25-29-23-12-7-6-11-22(23)27(33)31(25)20-13-15-21(34-3)16-14-20/h6-17,24H,4-5H2,1-3H3. The first kappa shape index (κ1) is 23.2. The van der Waals surface area contributed by atoms with Crippen LogP contribution < -0.4 is 10.3 Å². The Morgan fingerprint density at radius 3 is 2.44 bits per heavy atom. The number of hydrogen-bond donors (Lipinski definition) is 0. The summed E-state index contributed by atoms with van der Waals surface area (Å²) in [6.07, 6.45) is 0.510. The van der Waals surface area contributed by atoms with E-state index in [0.29, 0.717) is 41.1 Å². The zero-order chi connectivity index (χ0) is 24.2. The lowest BCUT2D eigenvalue weighted by atomic mass is 10.1. The summed E-state index contributed by atoms with van der Waals surface area (Å²) in [5, 5.41) is 0.483. The Morgan fingerprint density at radius 2 is 1.79 bits per heavy atom. The van der Waals surface area contributed by atoms with Gasteiger partial charge < -0.3 is 9.64 Å². The van der Waals surface area contributed by atoms with Gasteiger partial charge in [-0.3, -0.25) is 14.2 Å². The smallest absolute Gasteiger partial charge is 0.266 e. The Morgan fingerprint density at radius 1 is 1.06 bits per heavy atom. The lowest BCUT2D eigenvalue weighted by molar-refractivity contribution is 0.0671. The summed E-state index contributed by atoms with van der Waals surface area (Å²) in [5.74, 6) is 0.310. The van der Waals surface area contributed by atoms with E-state index in [0.717, 1.165) is 0 Å². The number of methoxy groups -OCH3 is 1.